The van der Waals surface area contributed by atoms with Crippen molar-refractivity contribution in [1.29, 1.82) is 0 Å². The van der Waals surface area contributed by atoms with Gasteiger partial charge in [0.25, 0.3) is 0 Å². The van der Waals surface area contributed by atoms with Gasteiger partial charge in [-0.05, 0) is 25.2 Å². The Morgan fingerprint density at radius 2 is 1.94 bits per heavy atom. The lowest BCUT2D eigenvalue weighted by Crippen LogP contribution is -2.15. The largest absolute Gasteiger partial charge is 0.478 e. The monoisotopic (exact) mass is 265 g/mol. The van der Waals surface area contributed by atoms with Crippen molar-refractivity contribution in [3.8, 4) is 0 Å². The van der Waals surface area contributed by atoms with Crippen molar-refractivity contribution in [1.82, 2.24) is 4.72 Å². The maximum absolute atomic E-state index is 10.3. The van der Waals surface area contributed by atoms with E-state index < -0.39 is 16.0 Å². The summed E-state index contributed by atoms with van der Waals surface area (Å²) < 4.78 is 21.9. The van der Waals surface area contributed by atoms with E-state index in [0.29, 0.717) is 5.02 Å². The molecule has 1 rings (SSSR count). The molecule has 0 atom stereocenters. The number of carboxylic acid groups (broad SMARTS) is 1. The van der Waals surface area contributed by atoms with Crippen LogP contribution in [0, 0.1) is 0 Å². The number of benzene rings is 1. The molecule has 2 N–H and O–H groups in total. The number of rotatable bonds is 2. The zero-order chi connectivity index (χ0) is 12.8. The lowest BCUT2D eigenvalue weighted by Gasteiger charge is -1.92. The van der Waals surface area contributed by atoms with E-state index in [4.69, 9.17) is 16.7 Å². The smallest absolute Gasteiger partial charge is 0.335 e. The third-order valence-electron chi connectivity index (χ3n) is 1.44. The van der Waals surface area contributed by atoms with E-state index in [-0.39, 0.29) is 5.56 Å². The van der Waals surface area contributed by atoms with E-state index in [0.717, 1.165) is 6.26 Å². The van der Waals surface area contributed by atoms with Crippen LogP contribution >= 0.6 is 11.6 Å². The molecule has 0 saturated carbocycles. The first kappa shape index (κ1) is 14.9. The first-order chi connectivity index (χ1) is 7.26. The van der Waals surface area contributed by atoms with Crippen LogP contribution in [0.25, 0.3) is 0 Å². The zero-order valence-corrected chi connectivity index (χ0v) is 10.3. The second-order valence-electron chi connectivity index (χ2n) is 2.79. The lowest BCUT2D eigenvalue weighted by molar-refractivity contribution is 0.0697. The Bertz CT molecular complexity index is 458. The molecule has 1 aromatic rings. The first-order valence-electron chi connectivity index (χ1n) is 4.13. The summed E-state index contributed by atoms with van der Waals surface area (Å²) in [7, 11) is -1.54. The van der Waals surface area contributed by atoms with E-state index >= 15 is 0 Å². The van der Waals surface area contributed by atoms with Crippen molar-refractivity contribution in [2.24, 2.45) is 0 Å². The van der Waals surface area contributed by atoms with Crippen molar-refractivity contribution in [3.05, 3.63) is 34.9 Å². The molecule has 0 spiro atoms. The molecule has 0 radical (unpaired) electrons. The number of nitrogens with one attached hydrogen (secondary N) is 1. The van der Waals surface area contributed by atoms with Crippen LogP contribution in [0.4, 0.5) is 0 Å². The van der Waals surface area contributed by atoms with Gasteiger partial charge in [-0.15, -0.1) is 0 Å². The summed E-state index contributed by atoms with van der Waals surface area (Å²) in [6, 6.07) is 6.14. The van der Waals surface area contributed by atoms with Gasteiger partial charge < -0.3 is 5.11 Å². The van der Waals surface area contributed by atoms with Crippen LogP contribution < -0.4 is 4.72 Å². The highest BCUT2D eigenvalue weighted by atomic mass is 35.5. The molecule has 0 heterocycles. The van der Waals surface area contributed by atoms with Crippen LogP contribution in [0.2, 0.25) is 5.02 Å². The SMILES string of the molecule is CNS(C)(=O)=O.O=C(O)c1cccc(Cl)c1. The molecule has 16 heavy (non-hydrogen) atoms. The highest BCUT2D eigenvalue weighted by molar-refractivity contribution is 7.88. The number of hydrogen-bond donors (Lipinski definition) is 2. The van der Waals surface area contributed by atoms with Gasteiger partial charge in [-0.1, -0.05) is 17.7 Å². The molecule has 5 nitrogen and oxygen atoms in total. The maximum atomic E-state index is 10.3. The Morgan fingerprint density at radius 3 is 2.19 bits per heavy atom. The van der Waals surface area contributed by atoms with Gasteiger partial charge in [-0.2, -0.15) is 0 Å². The van der Waals surface area contributed by atoms with Gasteiger partial charge in [0, 0.05) is 5.02 Å². The fourth-order valence-corrected chi connectivity index (χ4v) is 0.812. The van der Waals surface area contributed by atoms with Gasteiger partial charge in [0.15, 0.2) is 0 Å². The molecule has 0 bridgehead atoms. The summed E-state index contributed by atoms with van der Waals surface area (Å²) in [5, 5.41) is 8.89. The van der Waals surface area contributed by atoms with Crippen LogP contribution in [0.3, 0.4) is 0 Å². The van der Waals surface area contributed by atoms with Crippen LogP contribution in [0.15, 0.2) is 24.3 Å². The second-order valence-corrected chi connectivity index (χ2v) is 5.18. The van der Waals surface area contributed by atoms with Crippen molar-refractivity contribution >= 4 is 27.6 Å². The lowest BCUT2D eigenvalue weighted by atomic mass is 10.2. The average molecular weight is 266 g/mol. The Kier molecular flexibility index (Phi) is 6.02. The summed E-state index contributed by atoms with van der Waals surface area (Å²) >= 11 is 5.53. The average Bonchev–Trinajstić information content (AvgIpc) is 2.17. The molecular weight excluding hydrogens is 254 g/mol. The van der Waals surface area contributed by atoms with E-state index in [2.05, 4.69) is 4.72 Å². The second kappa shape index (κ2) is 6.47. The van der Waals surface area contributed by atoms with Crippen molar-refractivity contribution in [2.75, 3.05) is 13.3 Å². The highest BCUT2D eigenvalue weighted by Crippen LogP contribution is 2.09. The van der Waals surface area contributed by atoms with Gasteiger partial charge in [0.1, 0.15) is 0 Å². The van der Waals surface area contributed by atoms with Gasteiger partial charge in [-0.25, -0.2) is 17.9 Å². The van der Waals surface area contributed by atoms with E-state index in [1.165, 1.54) is 19.2 Å². The fraction of sp³-hybridized carbons (Fsp3) is 0.222. The van der Waals surface area contributed by atoms with Crippen molar-refractivity contribution in [2.45, 2.75) is 0 Å². The molecule has 0 amide bonds. The number of carbonyl (C=O) groups is 1. The standard InChI is InChI=1S/C7H5ClO2.C2H7NO2S/c8-6-3-1-2-5(4-6)7(9)10;1-3-6(2,4)5/h1-4H,(H,9,10);3H,1-2H3. The fourth-order valence-electron chi connectivity index (χ4n) is 0.622. The minimum atomic E-state index is -2.91. The number of halogens is 1. The summed E-state index contributed by atoms with van der Waals surface area (Å²) in [6.45, 7) is 0. The quantitative estimate of drug-likeness (QED) is 0.842. The Hall–Kier alpha value is -1.11. The molecule has 0 fully saturated rings. The van der Waals surface area contributed by atoms with Crippen LogP contribution in [-0.2, 0) is 10.0 Å². The topological polar surface area (TPSA) is 83.5 Å². The molecule has 0 saturated heterocycles. The van der Waals surface area contributed by atoms with Crippen LogP contribution in [0.5, 0.6) is 0 Å². The number of aromatic carboxylic acids is 1. The van der Waals surface area contributed by atoms with Crippen molar-refractivity contribution in [3.63, 3.8) is 0 Å². The van der Waals surface area contributed by atoms with Crippen LogP contribution in [0.1, 0.15) is 10.4 Å². The molecule has 7 heteroatoms. The normalized spacial score (nSPS) is 10.2. The molecule has 1 aromatic carbocycles. The van der Waals surface area contributed by atoms with Gasteiger partial charge in [-0.3, -0.25) is 0 Å². The summed E-state index contributed by atoms with van der Waals surface area (Å²) in [4.78, 5) is 10.3. The van der Waals surface area contributed by atoms with E-state index in [1.54, 1.807) is 12.1 Å². The minimum absolute atomic E-state index is 0.215. The number of hydrogen-bond acceptors (Lipinski definition) is 3. The van der Waals surface area contributed by atoms with Crippen molar-refractivity contribution < 1.29 is 18.3 Å². The minimum Gasteiger partial charge on any atom is -0.478 e. The molecular formula is C9H12ClNO4S. The highest BCUT2D eigenvalue weighted by Gasteiger charge is 2.00. The Labute approximate surface area is 99.1 Å². The van der Waals surface area contributed by atoms with Gasteiger partial charge in [0.05, 0.1) is 11.8 Å². The molecule has 90 valence electrons. The predicted octanol–water partition coefficient (Wildman–Crippen LogP) is 1.20. The third kappa shape index (κ3) is 7.22. The predicted molar refractivity (Wildman–Crippen MR) is 62.3 cm³/mol. The molecule has 0 unspecified atom stereocenters. The van der Waals surface area contributed by atoms with Gasteiger partial charge >= 0.3 is 5.97 Å². The Balaban J connectivity index is 0.000000325. The Morgan fingerprint density at radius 1 is 1.44 bits per heavy atom. The van der Waals surface area contributed by atoms with E-state index in [1.807, 2.05) is 0 Å². The number of carboxylic acids is 1. The van der Waals surface area contributed by atoms with Gasteiger partial charge in [0.2, 0.25) is 10.0 Å². The molecule has 0 aromatic heterocycles. The molecule has 0 aliphatic heterocycles. The number of sulfonamides is 1. The molecule has 0 aliphatic carbocycles. The summed E-state index contributed by atoms with van der Waals surface area (Å²) in [5.41, 5.74) is 0.215. The molecule has 0 aliphatic rings. The summed E-state index contributed by atoms with van der Waals surface area (Å²) in [5.74, 6) is -0.956. The first-order valence-corrected chi connectivity index (χ1v) is 6.40. The van der Waals surface area contributed by atoms with E-state index in [9.17, 15) is 13.2 Å². The zero-order valence-electron chi connectivity index (χ0n) is 8.77. The third-order valence-corrected chi connectivity index (χ3v) is 2.42. The van der Waals surface area contributed by atoms with Crippen LogP contribution in [-0.4, -0.2) is 32.8 Å². The maximum Gasteiger partial charge on any atom is 0.335 e. The summed E-state index contributed by atoms with van der Waals surface area (Å²) in [6.07, 6.45) is 1.10.